The van der Waals surface area contributed by atoms with Gasteiger partial charge in [-0.05, 0) is 24.7 Å². The van der Waals surface area contributed by atoms with E-state index in [1.54, 1.807) is 6.20 Å². The molecular formula is C13H21ClN4. The van der Waals surface area contributed by atoms with Gasteiger partial charge in [-0.3, -0.25) is 0 Å². The maximum Gasteiger partial charge on any atom is 0.222 e. The van der Waals surface area contributed by atoms with E-state index in [0.29, 0.717) is 10.8 Å². The van der Waals surface area contributed by atoms with Gasteiger partial charge in [0.05, 0.1) is 6.20 Å². The molecule has 18 heavy (non-hydrogen) atoms. The van der Waals surface area contributed by atoms with Gasteiger partial charge in [-0.2, -0.15) is 4.98 Å². The summed E-state index contributed by atoms with van der Waals surface area (Å²) in [6, 6.07) is 0. The van der Waals surface area contributed by atoms with Gasteiger partial charge in [-0.1, -0.05) is 37.8 Å². The molecule has 0 amide bonds. The molecule has 0 aliphatic heterocycles. The Morgan fingerprint density at radius 3 is 2.67 bits per heavy atom. The van der Waals surface area contributed by atoms with Crippen LogP contribution >= 0.6 is 11.6 Å². The second-order valence-electron chi connectivity index (χ2n) is 5.10. The number of nitrogen functional groups attached to an aromatic ring is 1. The third-order valence-corrected chi connectivity index (χ3v) is 4.14. The van der Waals surface area contributed by atoms with Gasteiger partial charge < -0.3 is 11.1 Å². The quantitative estimate of drug-likeness (QED) is 0.879. The summed E-state index contributed by atoms with van der Waals surface area (Å²) in [5.41, 5.74) is 5.55. The van der Waals surface area contributed by atoms with E-state index in [-0.39, 0.29) is 5.95 Å². The highest BCUT2D eigenvalue weighted by Gasteiger charge is 2.20. The average Bonchev–Trinajstić information content (AvgIpc) is 2.40. The highest BCUT2D eigenvalue weighted by atomic mass is 35.5. The molecule has 1 aromatic heterocycles. The second-order valence-corrected chi connectivity index (χ2v) is 5.51. The summed E-state index contributed by atoms with van der Waals surface area (Å²) in [7, 11) is 0. The molecule has 1 aliphatic carbocycles. The predicted octanol–water partition coefficient (Wildman–Crippen LogP) is 3.34. The maximum atomic E-state index is 6.02. The number of nitrogens with zero attached hydrogens (tertiary/aromatic N) is 2. The van der Waals surface area contributed by atoms with Crippen molar-refractivity contribution in [3.8, 4) is 0 Å². The molecule has 1 aromatic rings. The lowest BCUT2D eigenvalue weighted by atomic mass is 9.81. The summed E-state index contributed by atoms with van der Waals surface area (Å²) in [6.07, 6.45) is 8.15. The highest BCUT2D eigenvalue weighted by molar-refractivity contribution is 6.32. The molecule has 5 heteroatoms. The first-order valence-electron chi connectivity index (χ1n) is 6.71. The van der Waals surface area contributed by atoms with Crippen LogP contribution in [0.3, 0.4) is 0 Å². The fraction of sp³-hybridized carbons (Fsp3) is 0.692. The average molecular weight is 269 g/mol. The number of aromatic nitrogens is 2. The number of hydrogen-bond acceptors (Lipinski definition) is 4. The Morgan fingerprint density at radius 1 is 1.33 bits per heavy atom. The lowest BCUT2D eigenvalue weighted by Crippen LogP contribution is -2.21. The lowest BCUT2D eigenvalue weighted by molar-refractivity contribution is 0.278. The molecule has 0 aromatic carbocycles. The Morgan fingerprint density at radius 2 is 2.00 bits per heavy atom. The third kappa shape index (κ3) is 3.48. The molecule has 1 aliphatic rings. The van der Waals surface area contributed by atoms with E-state index in [2.05, 4.69) is 22.2 Å². The van der Waals surface area contributed by atoms with Crippen LogP contribution in [0.1, 0.15) is 39.0 Å². The highest BCUT2D eigenvalue weighted by Crippen LogP contribution is 2.31. The number of anilines is 2. The first kappa shape index (κ1) is 13.4. The maximum absolute atomic E-state index is 6.02. The number of hydrogen-bond donors (Lipinski definition) is 2. The topological polar surface area (TPSA) is 63.8 Å². The van der Waals surface area contributed by atoms with Crippen LogP contribution < -0.4 is 11.1 Å². The Balaban J connectivity index is 1.83. The number of rotatable bonds is 4. The van der Waals surface area contributed by atoms with E-state index in [1.165, 1.54) is 32.1 Å². The minimum absolute atomic E-state index is 0.261. The molecule has 0 atom stereocenters. The van der Waals surface area contributed by atoms with Gasteiger partial charge in [0.25, 0.3) is 0 Å². The molecule has 1 heterocycles. The molecule has 0 radical (unpaired) electrons. The zero-order chi connectivity index (χ0) is 13.0. The van der Waals surface area contributed by atoms with Gasteiger partial charge in [0, 0.05) is 6.54 Å². The van der Waals surface area contributed by atoms with Gasteiger partial charge in [-0.25, -0.2) is 4.98 Å². The minimum atomic E-state index is 0.261. The summed E-state index contributed by atoms with van der Waals surface area (Å²) < 4.78 is 0. The molecule has 100 valence electrons. The Labute approximate surface area is 113 Å². The van der Waals surface area contributed by atoms with Crippen molar-refractivity contribution >= 4 is 23.4 Å². The van der Waals surface area contributed by atoms with Gasteiger partial charge in [-0.15, -0.1) is 0 Å². The molecule has 0 bridgehead atoms. The molecule has 0 unspecified atom stereocenters. The molecule has 2 rings (SSSR count). The fourth-order valence-electron chi connectivity index (χ4n) is 2.59. The van der Waals surface area contributed by atoms with E-state index in [4.69, 9.17) is 17.3 Å². The van der Waals surface area contributed by atoms with Crippen molar-refractivity contribution in [2.45, 2.75) is 39.0 Å². The van der Waals surface area contributed by atoms with Crippen LogP contribution in [0.4, 0.5) is 11.8 Å². The fourth-order valence-corrected chi connectivity index (χ4v) is 2.75. The van der Waals surface area contributed by atoms with Crippen LogP contribution in [0.15, 0.2) is 6.20 Å². The molecule has 1 saturated carbocycles. The number of halogens is 1. The molecule has 1 fully saturated rings. The van der Waals surface area contributed by atoms with Crippen molar-refractivity contribution in [1.82, 2.24) is 9.97 Å². The second kappa shape index (κ2) is 6.23. The summed E-state index contributed by atoms with van der Waals surface area (Å²) in [6.45, 7) is 3.21. The molecule has 3 N–H and O–H groups in total. The van der Waals surface area contributed by atoms with Crippen molar-refractivity contribution in [2.75, 3.05) is 17.6 Å². The van der Waals surface area contributed by atoms with Crippen molar-refractivity contribution < 1.29 is 0 Å². The Hall–Kier alpha value is -1.03. The van der Waals surface area contributed by atoms with Gasteiger partial charge in [0.2, 0.25) is 5.95 Å². The van der Waals surface area contributed by atoms with E-state index >= 15 is 0 Å². The smallest absolute Gasteiger partial charge is 0.222 e. The first-order valence-corrected chi connectivity index (χ1v) is 7.08. The molecular weight excluding hydrogens is 248 g/mol. The Bertz CT molecular complexity index is 389. The largest absolute Gasteiger partial charge is 0.368 e. The van der Waals surface area contributed by atoms with Gasteiger partial charge in [0.15, 0.2) is 0 Å². The van der Waals surface area contributed by atoms with Crippen LogP contribution in [-0.2, 0) is 0 Å². The monoisotopic (exact) mass is 268 g/mol. The van der Waals surface area contributed by atoms with Crippen molar-refractivity contribution in [3.05, 3.63) is 11.2 Å². The summed E-state index contributed by atoms with van der Waals surface area (Å²) >= 11 is 6.02. The third-order valence-electron chi connectivity index (χ3n) is 3.86. The van der Waals surface area contributed by atoms with E-state index in [1.807, 2.05) is 0 Å². The summed E-state index contributed by atoms with van der Waals surface area (Å²) in [5, 5.41) is 3.83. The standard InChI is InChI=1S/C13H21ClN4/c1-2-9-3-5-10(6-4-9)7-16-12-11(14)8-17-13(15)18-12/h8-10H,2-7H2,1H3,(H3,15,16,17,18). The van der Waals surface area contributed by atoms with Crippen molar-refractivity contribution in [1.29, 1.82) is 0 Å². The van der Waals surface area contributed by atoms with Crippen molar-refractivity contribution in [3.63, 3.8) is 0 Å². The van der Waals surface area contributed by atoms with E-state index < -0.39 is 0 Å². The zero-order valence-electron chi connectivity index (χ0n) is 10.8. The van der Waals surface area contributed by atoms with Crippen molar-refractivity contribution in [2.24, 2.45) is 11.8 Å². The van der Waals surface area contributed by atoms with Crippen LogP contribution in [0.25, 0.3) is 0 Å². The van der Waals surface area contributed by atoms with Crippen LogP contribution in [-0.4, -0.2) is 16.5 Å². The van der Waals surface area contributed by atoms with E-state index in [9.17, 15) is 0 Å². The first-order chi connectivity index (χ1) is 8.69. The lowest BCUT2D eigenvalue weighted by Gasteiger charge is -2.28. The molecule has 0 saturated heterocycles. The Kier molecular flexibility index (Phi) is 4.64. The van der Waals surface area contributed by atoms with E-state index in [0.717, 1.165) is 18.4 Å². The molecule has 4 nitrogen and oxygen atoms in total. The predicted molar refractivity (Wildman–Crippen MR) is 75.7 cm³/mol. The van der Waals surface area contributed by atoms with Gasteiger partial charge in [0.1, 0.15) is 10.8 Å². The minimum Gasteiger partial charge on any atom is -0.368 e. The summed E-state index contributed by atoms with van der Waals surface area (Å²) in [5.74, 6) is 2.57. The SMILES string of the molecule is CCC1CCC(CNc2nc(N)ncc2Cl)CC1. The summed E-state index contributed by atoms with van der Waals surface area (Å²) in [4.78, 5) is 7.96. The number of nitrogens with one attached hydrogen (secondary N) is 1. The van der Waals surface area contributed by atoms with Crippen LogP contribution in [0.2, 0.25) is 5.02 Å². The molecule has 0 spiro atoms. The normalized spacial score (nSPS) is 23.9. The number of nitrogens with two attached hydrogens (primary N) is 1. The van der Waals surface area contributed by atoms with Crippen LogP contribution in [0, 0.1) is 11.8 Å². The van der Waals surface area contributed by atoms with Gasteiger partial charge >= 0.3 is 0 Å². The van der Waals surface area contributed by atoms with Crippen LogP contribution in [0.5, 0.6) is 0 Å². The zero-order valence-corrected chi connectivity index (χ0v) is 11.6.